The van der Waals surface area contributed by atoms with Crippen molar-refractivity contribution in [3.05, 3.63) is 0 Å². The first-order chi connectivity index (χ1) is 8.36. The average molecular weight is 279 g/mol. The Morgan fingerprint density at radius 1 is 1.39 bits per heavy atom. The van der Waals surface area contributed by atoms with Crippen molar-refractivity contribution in [2.45, 2.75) is 44.0 Å². The molecule has 1 aliphatic carbocycles. The first-order valence-corrected chi connectivity index (χ1v) is 7.65. The molecule has 0 bridgehead atoms. The molecule has 18 heavy (non-hydrogen) atoms. The zero-order valence-electron chi connectivity index (χ0n) is 10.8. The molecule has 0 aromatic carbocycles. The smallest absolute Gasteiger partial charge is 0.325 e. The highest BCUT2D eigenvalue weighted by molar-refractivity contribution is 7.90. The van der Waals surface area contributed by atoms with E-state index in [1.165, 1.54) is 6.92 Å². The number of nitrogens with one attached hydrogen (secondary N) is 1. The van der Waals surface area contributed by atoms with E-state index in [4.69, 9.17) is 0 Å². The maximum Gasteiger partial charge on any atom is 0.325 e. The van der Waals surface area contributed by atoms with Crippen molar-refractivity contribution in [3.8, 4) is 0 Å². The minimum absolute atomic E-state index is 0.230. The predicted molar refractivity (Wildman–Crippen MR) is 66.4 cm³/mol. The van der Waals surface area contributed by atoms with Crippen LogP contribution in [0.1, 0.15) is 32.6 Å². The van der Waals surface area contributed by atoms with Crippen molar-refractivity contribution in [2.24, 2.45) is 5.92 Å². The molecule has 1 fully saturated rings. The molecule has 0 amide bonds. The molecule has 1 rings (SSSR count). The van der Waals surface area contributed by atoms with Crippen molar-refractivity contribution >= 4 is 16.0 Å². The summed E-state index contributed by atoms with van der Waals surface area (Å²) < 4.78 is 30.4. The first kappa shape index (κ1) is 15.4. The van der Waals surface area contributed by atoms with Gasteiger partial charge in [0.2, 0.25) is 10.0 Å². The number of hydrogen-bond donors (Lipinski definition) is 2. The molecule has 1 atom stereocenters. The number of rotatable bonds is 5. The van der Waals surface area contributed by atoms with E-state index in [-0.39, 0.29) is 12.0 Å². The largest absolute Gasteiger partial charge is 0.468 e. The molecule has 0 saturated heterocycles. The highest BCUT2D eigenvalue weighted by Gasteiger charge is 2.29. The molecule has 0 aliphatic heterocycles. The zero-order chi connectivity index (χ0) is 13.8. The Morgan fingerprint density at radius 2 is 1.94 bits per heavy atom. The fraction of sp³-hybridized carbons (Fsp3) is 0.909. The molecule has 0 radical (unpaired) electrons. The number of methoxy groups -OCH3 is 1. The summed E-state index contributed by atoms with van der Waals surface area (Å²) in [6.45, 7) is 1.62. The van der Waals surface area contributed by atoms with Crippen LogP contribution in [-0.2, 0) is 19.6 Å². The zero-order valence-corrected chi connectivity index (χ0v) is 11.6. The van der Waals surface area contributed by atoms with Gasteiger partial charge in [-0.1, -0.05) is 0 Å². The third kappa shape index (κ3) is 4.22. The maximum atomic E-state index is 11.8. The fourth-order valence-corrected chi connectivity index (χ4v) is 3.07. The summed E-state index contributed by atoms with van der Waals surface area (Å²) >= 11 is 0. The second-order valence-corrected chi connectivity index (χ2v) is 6.82. The minimum Gasteiger partial charge on any atom is -0.468 e. The number of ether oxygens (including phenoxy) is 1. The number of carbonyl (C=O) groups is 1. The highest BCUT2D eigenvalue weighted by atomic mass is 32.2. The summed E-state index contributed by atoms with van der Waals surface area (Å²) in [5.41, 5.74) is 0. The Hall–Kier alpha value is -0.660. The molecule has 106 valence electrons. The summed E-state index contributed by atoms with van der Waals surface area (Å²) in [7, 11) is -2.51. The molecule has 1 aliphatic rings. The van der Waals surface area contributed by atoms with Gasteiger partial charge in [-0.2, -0.15) is 0 Å². The van der Waals surface area contributed by atoms with Gasteiger partial charge in [0.15, 0.2) is 5.25 Å². The van der Waals surface area contributed by atoms with Crippen LogP contribution >= 0.6 is 0 Å². The topological polar surface area (TPSA) is 92.7 Å². The molecule has 0 aromatic rings. The van der Waals surface area contributed by atoms with Crippen LogP contribution in [0.4, 0.5) is 0 Å². The van der Waals surface area contributed by atoms with E-state index in [9.17, 15) is 18.3 Å². The van der Waals surface area contributed by atoms with E-state index in [0.29, 0.717) is 19.4 Å². The van der Waals surface area contributed by atoms with Crippen LogP contribution < -0.4 is 4.72 Å². The Bertz CT molecular complexity index is 373. The number of esters is 1. The van der Waals surface area contributed by atoms with Crippen LogP contribution in [0.5, 0.6) is 0 Å². The van der Waals surface area contributed by atoms with E-state index in [1.54, 1.807) is 0 Å². The Morgan fingerprint density at radius 3 is 2.44 bits per heavy atom. The van der Waals surface area contributed by atoms with E-state index in [1.807, 2.05) is 0 Å². The third-order valence-electron chi connectivity index (χ3n) is 3.39. The van der Waals surface area contributed by atoms with Gasteiger partial charge in [-0.15, -0.1) is 0 Å². The van der Waals surface area contributed by atoms with E-state index >= 15 is 0 Å². The van der Waals surface area contributed by atoms with Gasteiger partial charge in [-0.3, -0.25) is 4.79 Å². The van der Waals surface area contributed by atoms with Crippen LogP contribution in [0.15, 0.2) is 0 Å². The van der Waals surface area contributed by atoms with Crippen molar-refractivity contribution in [3.63, 3.8) is 0 Å². The molecule has 7 heteroatoms. The van der Waals surface area contributed by atoms with E-state index in [0.717, 1.165) is 20.0 Å². The second kappa shape index (κ2) is 6.49. The first-order valence-electron chi connectivity index (χ1n) is 6.11. The normalized spacial score (nSPS) is 26.6. The van der Waals surface area contributed by atoms with Gasteiger partial charge in [0, 0.05) is 6.54 Å². The lowest BCUT2D eigenvalue weighted by Crippen LogP contribution is -2.40. The SMILES string of the molecule is COC(=O)C(C)S(=O)(=O)NCC1CCC(O)CC1. The van der Waals surface area contributed by atoms with Crippen LogP contribution in [0, 0.1) is 5.92 Å². The summed E-state index contributed by atoms with van der Waals surface area (Å²) in [5, 5.41) is 8.15. The lowest BCUT2D eigenvalue weighted by atomic mass is 9.88. The molecule has 1 saturated carbocycles. The van der Waals surface area contributed by atoms with Gasteiger partial charge in [-0.25, -0.2) is 13.1 Å². The second-order valence-electron chi connectivity index (χ2n) is 4.73. The van der Waals surface area contributed by atoms with E-state index < -0.39 is 21.2 Å². The number of aliphatic hydroxyl groups is 1. The minimum atomic E-state index is -3.67. The molecular weight excluding hydrogens is 258 g/mol. The Balaban J connectivity index is 2.44. The average Bonchev–Trinajstić information content (AvgIpc) is 2.36. The number of carbonyl (C=O) groups excluding carboxylic acids is 1. The Labute approximate surface area is 108 Å². The quantitative estimate of drug-likeness (QED) is 0.692. The third-order valence-corrected chi connectivity index (χ3v) is 5.08. The summed E-state index contributed by atoms with van der Waals surface area (Å²) in [6.07, 6.45) is 2.76. The van der Waals surface area contributed by atoms with Crippen molar-refractivity contribution in [1.29, 1.82) is 0 Å². The van der Waals surface area contributed by atoms with Gasteiger partial charge >= 0.3 is 5.97 Å². The predicted octanol–water partition coefficient (Wildman–Crippen LogP) is 0.0184. The van der Waals surface area contributed by atoms with Crippen LogP contribution in [0.3, 0.4) is 0 Å². The van der Waals surface area contributed by atoms with Crippen LogP contribution in [-0.4, -0.2) is 44.5 Å². The number of sulfonamides is 1. The van der Waals surface area contributed by atoms with Gasteiger partial charge in [0.1, 0.15) is 0 Å². The summed E-state index contributed by atoms with van der Waals surface area (Å²) in [5.74, 6) is -0.533. The summed E-state index contributed by atoms with van der Waals surface area (Å²) in [4.78, 5) is 11.2. The van der Waals surface area contributed by atoms with Gasteiger partial charge in [0.05, 0.1) is 13.2 Å². The van der Waals surface area contributed by atoms with Gasteiger partial charge in [0.25, 0.3) is 0 Å². The fourth-order valence-electron chi connectivity index (χ4n) is 2.00. The van der Waals surface area contributed by atoms with Crippen molar-refractivity contribution in [1.82, 2.24) is 4.72 Å². The maximum absolute atomic E-state index is 11.8. The Kier molecular flexibility index (Phi) is 5.55. The molecule has 2 N–H and O–H groups in total. The van der Waals surface area contributed by atoms with Gasteiger partial charge in [-0.05, 0) is 38.5 Å². The molecule has 0 aromatic heterocycles. The van der Waals surface area contributed by atoms with Gasteiger partial charge < -0.3 is 9.84 Å². The van der Waals surface area contributed by atoms with Crippen molar-refractivity contribution in [2.75, 3.05) is 13.7 Å². The van der Waals surface area contributed by atoms with E-state index in [2.05, 4.69) is 9.46 Å². The van der Waals surface area contributed by atoms with Crippen LogP contribution in [0.25, 0.3) is 0 Å². The monoisotopic (exact) mass is 279 g/mol. The van der Waals surface area contributed by atoms with Crippen molar-refractivity contribution < 1.29 is 23.1 Å². The lowest BCUT2D eigenvalue weighted by molar-refractivity contribution is -0.139. The number of hydrogen-bond acceptors (Lipinski definition) is 5. The molecule has 6 nitrogen and oxygen atoms in total. The van der Waals surface area contributed by atoms with Crippen LogP contribution in [0.2, 0.25) is 0 Å². The number of aliphatic hydroxyl groups excluding tert-OH is 1. The molecular formula is C11H21NO5S. The standard InChI is InChI=1S/C11H21NO5S/c1-8(11(14)17-2)18(15,16)12-7-9-3-5-10(13)6-4-9/h8-10,12-13H,3-7H2,1-2H3. The lowest BCUT2D eigenvalue weighted by Gasteiger charge is -2.25. The molecule has 0 heterocycles. The molecule has 0 spiro atoms. The highest BCUT2D eigenvalue weighted by Crippen LogP contribution is 2.23. The molecule has 1 unspecified atom stereocenters. The summed E-state index contributed by atoms with van der Waals surface area (Å²) in [6, 6.07) is 0.